The fraction of sp³-hybridized carbons (Fsp3) is 0.455. The summed E-state index contributed by atoms with van der Waals surface area (Å²) in [6, 6.07) is 3.58. The van der Waals surface area contributed by atoms with Gasteiger partial charge in [0, 0.05) is 20.3 Å². The summed E-state index contributed by atoms with van der Waals surface area (Å²) in [5, 5.41) is 5.77. The van der Waals surface area contributed by atoms with Crippen LogP contribution in [0, 0.1) is 0 Å². The number of carbonyl (C=O) groups is 1. The highest BCUT2D eigenvalue weighted by molar-refractivity contribution is 5.91. The maximum absolute atomic E-state index is 11.0. The van der Waals surface area contributed by atoms with E-state index in [1.165, 1.54) is 0 Å². The van der Waals surface area contributed by atoms with Gasteiger partial charge < -0.3 is 21.1 Å². The summed E-state index contributed by atoms with van der Waals surface area (Å²) in [5.74, 6) is 0.541. The van der Waals surface area contributed by atoms with Gasteiger partial charge in [0.2, 0.25) is 5.91 Å². The number of anilines is 2. The molecule has 0 aliphatic heterocycles. The van der Waals surface area contributed by atoms with Gasteiger partial charge in [0.05, 0.1) is 18.4 Å². The van der Waals surface area contributed by atoms with E-state index < -0.39 is 0 Å². The third-order valence-electron chi connectivity index (χ3n) is 2.06. The Balaban J connectivity index is 2.36. The number of carbonyl (C=O) groups excluding carboxylic acids is 1. The summed E-state index contributed by atoms with van der Waals surface area (Å²) in [7, 11) is 1.67. The molecule has 17 heavy (non-hydrogen) atoms. The minimum atomic E-state index is -0.229. The van der Waals surface area contributed by atoms with Crippen LogP contribution in [0.2, 0.25) is 0 Å². The zero-order valence-corrected chi connectivity index (χ0v) is 9.90. The number of hydrogen-bond acceptors (Lipinski definition) is 5. The maximum atomic E-state index is 11.0. The Morgan fingerprint density at radius 2 is 2.35 bits per heavy atom. The van der Waals surface area contributed by atoms with Crippen molar-refractivity contribution >= 4 is 17.4 Å². The van der Waals surface area contributed by atoms with E-state index in [-0.39, 0.29) is 12.5 Å². The van der Waals surface area contributed by atoms with Gasteiger partial charge in [0.15, 0.2) is 0 Å². The normalized spacial score (nSPS) is 10.0. The molecule has 6 nitrogen and oxygen atoms in total. The second-order valence-electron chi connectivity index (χ2n) is 3.46. The Labute approximate surface area is 101 Å². The second kappa shape index (κ2) is 7.59. The molecule has 0 aliphatic carbocycles. The predicted octanol–water partition coefficient (Wildman–Crippen LogP) is 0.427. The molecule has 0 saturated heterocycles. The van der Waals surface area contributed by atoms with E-state index >= 15 is 0 Å². The van der Waals surface area contributed by atoms with Crippen LogP contribution >= 0.6 is 0 Å². The van der Waals surface area contributed by atoms with Gasteiger partial charge in [-0.25, -0.2) is 4.98 Å². The molecule has 1 amide bonds. The molecule has 1 aromatic rings. The van der Waals surface area contributed by atoms with Gasteiger partial charge in [-0.3, -0.25) is 4.79 Å². The number of pyridine rings is 1. The summed E-state index contributed by atoms with van der Waals surface area (Å²) in [6.07, 6.45) is 2.51. The highest BCUT2D eigenvalue weighted by Gasteiger charge is 1.99. The molecule has 0 aliphatic rings. The van der Waals surface area contributed by atoms with Gasteiger partial charge >= 0.3 is 0 Å². The predicted molar refractivity (Wildman–Crippen MR) is 66.9 cm³/mol. The van der Waals surface area contributed by atoms with Crippen molar-refractivity contribution in [2.45, 2.75) is 6.42 Å². The van der Waals surface area contributed by atoms with Gasteiger partial charge in [-0.15, -0.1) is 0 Å². The number of methoxy groups -OCH3 is 1. The molecule has 1 rings (SSSR count). The van der Waals surface area contributed by atoms with Gasteiger partial charge in [0.25, 0.3) is 0 Å². The average Bonchev–Trinajstić information content (AvgIpc) is 2.36. The number of nitrogens with zero attached hydrogens (tertiary/aromatic N) is 1. The van der Waals surface area contributed by atoms with Crippen molar-refractivity contribution in [3.63, 3.8) is 0 Å². The smallest absolute Gasteiger partial charge is 0.238 e. The number of ether oxygens (including phenoxy) is 1. The van der Waals surface area contributed by atoms with E-state index in [0.717, 1.165) is 25.4 Å². The summed E-state index contributed by atoms with van der Waals surface area (Å²) in [4.78, 5) is 15.2. The Morgan fingerprint density at radius 1 is 1.53 bits per heavy atom. The molecule has 1 heterocycles. The lowest BCUT2D eigenvalue weighted by atomic mass is 10.3. The lowest BCUT2D eigenvalue weighted by Crippen LogP contribution is -2.21. The number of hydrogen-bond donors (Lipinski definition) is 3. The highest BCUT2D eigenvalue weighted by Crippen LogP contribution is 2.09. The first kappa shape index (κ1) is 13.4. The largest absolute Gasteiger partial charge is 0.385 e. The Bertz CT molecular complexity index is 340. The van der Waals surface area contributed by atoms with Crippen LogP contribution in [-0.4, -0.2) is 37.7 Å². The number of aromatic nitrogens is 1. The summed E-state index contributed by atoms with van der Waals surface area (Å²) < 4.78 is 4.94. The summed E-state index contributed by atoms with van der Waals surface area (Å²) >= 11 is 0. The zero-order valence-electron chi connectivity index (χ0n) is 9.90. The quantitative estimate of drug-likeness (QED) is 0.599. The SMILES string of the molecule is COCCCNc1ccc(NC(=O)CN)cn1. The monoisotopic (exact) mass is 238 g/mol. The van der Waals surface area contributed by atoms with Crippen LogP contribution in [0.3, 0.4) is 0 Å². The molecule has 0 atom stereocenters. The van der Waals surface area contributed by atoms with Crippen molar-refractivity contribution in [3.8, 4) is 0 Å². The average molecular weight is 238 g/mol. The molecule has 0 unspecified atom stereocenters. The number of nitrogens with two attached hydrogens (primary N) is 1. The molecule has 1 aromatic heterocycles. The number of rotatable bonds is 7. The van der Waals surface area contributed by atoms with Crippen LogP contribution in [0.5, 0.6) is 0 Å². The molecule has 4 N–H and O–H groups in total. The Morgan fingerprint density at radius 3 is 2.94 bits per heavy atom. The Kier molecular flexibility index (Phi) is 5.98. The molecule has 0 aromatic carbocycles. The molecule has 0 saturated carbocycles. The fourth-order valence-electron chi connectivity index (χ4n) is 1.22. The maximum Gasteiger partial charge on any atom is 0.238 e. The molecule has 0 bridgehead atoms. The van der Waals surface area contributed by atoms with Crippen molar-refractivity contribution in [2.24, 2.45) is 5.73 Å². The lowest BCUT2D eigenvalue weighted by Gasteiger charge is -2.06. The van der Waals surface area contributed by atoms with E-state index in [1.54, 1.807) is 25.4 Å². The van der Waals surface area contributed by atoms with Crippen LogP contribution in [0.1, 0.15) is 6.42 Å². The first-order valence-electron chi connectivity index (χ1n) is 5.45. The van der Waals surface area contributed by atoms with Crippen molar-refractivity contribution in [3.05, 3.63) is 18.3 Å². The molecule has 0 radical (unpaired) electrons. The zero-order chi connectivity index (χ0) is 12.5. The summed E-state index contributed by atoms with van der Waals surface area (Å²) in [6.45, 7) is 1.49. The molecule has 0 spiro atoms. The van der Waals surface area contributed by atoms with Crippen LogP contribution in [-0.2, 0) is 9.53 Å². The lowest BCUT2D eigenvalue weighted by molar-refractivity contribution is -0.114. The van der Waals surface area contributed by atoms with E-state index in [2.05, 4.69) is 15.6 Å². The summed E-state index contributed by atoms with van der Waals surface area (Å²) in [5.41, 5.74) is 5.83. The van der Waals surface area contributed by atoms with Crippen LogP contribution < -0.4 is 16.4 Å². The topological polar surface area (TPSA) is 89.3 Å². The first-order chi connectivity index (χ1) is 8.26. The van der Waals surface area contributed by atoms with Gasteiger partial charge in [0.1, 0.15) is 5.82 Å². The number of amides is 1. The highest BCUT2D eigenvalue weighted by atomic mass is 16.5. The van der Waals surface area contributed by atoms with Gasteiger partial charge in [-0.05, 0) is 18.6 Å². The van der Waals surface area contributed by atoms with E-state index in [0.29, 0.717) is 5.69 Å². The van der Waals surface area contributed by atoms with Crippen LogP contribution in [0.4, 0.5) is 11.5 Å². The van der Waals surface area contributed by atoms with E-state index in [1.807, 2.05) is 0 Å². The first-order valence-corrected chi connectivity index (χ1v) is 5.45. The molecule has 0 fully saturated rings. The Hall–Kier alpha value is -1.66. The van der Waals surface area contributed by atoms with Crippen molar-refractivity contribution in [1.82, 2.24) is 4.98 Å². The van der Waals surface area contributed by atoms with Gasteiger partial charge in [-0.2, -0.15) is 0 Å². The fourth-order valence-corrected chi connectivity index (χ4v) is 1.22. The minimum Gasteiger partial charge on any atom is -0.385 e. The number of nitrogens with one attached hydrogen (secondary N) is 2. The van der Waals surface area contributed by atoms with Crippen molar-refractivity contribution in [2.75, 3.05) is 37.4 Å². The van der Waals surface area contributed by atoms with Crippen LogP contribution in [0.15, 0.2) is 18.3 Å². The third kappa shape index (κ3) is 5.28. The molecular weight excluding hydrogens is 220 g/mol. The molecular formula is C11H18N4O2. The second-order valence-corrected chi connectivity index (χ2v) is 3.46. The molecule has 6 heteroatoms. The van der Waals surface area contributed by atoms with Crippen molar-refractivity contribution < 1.29 is 9.53 Å². The van der Waals surface area contributed by atoms with Crippen LogP contribution in [0.25, 0.3) is 0 Å². The third-order valence-corrected chi connectivity index (χ3v) is 2.06. The minimum absolute atomic E-state index is 0.0307. The standard InChI is InChI=1S/C11H18N4O2/c1-17-6-2-5-13-10-4-3-9(8-14-10)15-11(16)7-12/h3-4,8H,2,5-7,12H2,1H3,(H,13,14)(H,15,16). The molecule has 94 valence electrons. The van der Waals surface area contributed by atoms with E-state index in [4.69, 9.17) is 10.5 Å². The van der Waals surface area contributed by atoms with Crippen molar-refractivity contribution in [1.29, 1.82) is 0 Å². The van der Waals surface area contributed by atoms with Gasteiger partial charge in [-0.1, -0.05) is 0 Å². The van der Waals surface area contributed by atoms with E-state index in [9.17, 15) is 4.79 Å².